The Labute approximate surface area is 233 Å². The van der Waals surface area contributed by atoms with Crippen LogP contribution in [0.4, 0.5) is 0 Å². The molecule has 208 valence electrons. The van der Waals surface area contributed by atoms with Crippen LogP contribution in [-0.2, 0) is 28.9 Å². The molecule has 1 atom stereocenters. The average Bonchev–Trinajstić information content (AvgIpc) is 3.30. The summed E-state index contributed by atoms with van der Waals surface area (Å²) in [6.45, 7) is 4.50. The molecule has 2 amide bonds. The molecule has 4 rings (SSSR count). The van der Waals surface area contributed by atoms with Crippen molar-refractivity contribution in [2.24, 2.45) is 0 Å². The number of nitrogens with one attached hydrogen (secondary N) is 1. The number of carbonyl (C=O) groups excluding carboxylic acids is 3. The van der Waals surface area contributed by atoms with E-state index in [4.69, 9.17) is 9.72 Å². The Bertz CT molecular complexity index is 1480. The minimum atomic E-state index is -0.505. The van der Waals surface area contributed by atoms with Gasteiger partial charge in [-0.3, -0.25) is 14.8 Å². The number of fused-ring (bicyclic) bond motifs is 1. The van der Waals surface area contributed by atoms with Crippen LogP contribution in [0.5, 0.6) is 0 Å². The van der Waals surface area contributed by atoms with Gasteiger partial charge in [0.25, 0.3) is 5.91 Å². The van der Waals surface area contributed by atoms with Gasteiger partial charge in [0, 0.05) is 18.5 Å². The number of hydrogen-bond acceptors (Lipinski definition) is 6. The van der Waals surface area contributed by atoms with Crippen LogP contribution >= 0.6 is 0 Å². The van der Waals surface area contributed by atoms with Crippen LogP contribution in [-0.4, -0.2) is 57.8 Å². The van der Waals surface area contributed by atoms with Crippen molar-refractivity contribution in [1.29, 1.82) is 0 Å². The van der Waals surface area contributed by atoms with E-state index in [0.29, 0.717) is 35.6 Å². The van der Waals surface area contributed by atoms with Gasteiger partial charge in [-0.15, -0.1) is 0 Å². The lowest BCUT2D eigenvalue weighted by Gasteiger charge is -2.22. The number of hydrogen-bond donors (Lipinski definition) is 2. The van der Waals surface area contributed by atoms with E-state index >= 15 is 0 Å². The molecule has 0 bridgehead atoms. The third kappa shape index (κ3) is 6.73. The van der Waals surface area contributed by atoms with Gasteiger partial charge in [0.15, 0.2) is 0 Å². The Kier molecular flexibility index (Phi) is 9.29. The lowest BCUT2D eigenvalue weighted by atomic mass is 10.0. The van der Waals surface area contributed by atoms with Crippen LogP contribution in [0, 0.1) is 6.92 Å². The molecule has 0 aliphatic heterocycles. The second-order valence-electron chi connectivity index (χ2n) is 9.80. The number of ether oxygens (including phenoxy) is 1. The van der Waals surface area contributed by atoms with Gasteiger partial charge in [0.1, 0.15) is 5.82 Å². The Morgan fingerprint density at radius 1 is 1.07 bits per heavy atom. The molecule has 9 nitrogen and oxygen atoms in total. The van der Waals surface area contributed by atoms with Crippen LogP contribution in [0.25, 0.3) is 11.0 Å². The Hall–Kier alpha value is -4.50. The van der Waals surface area contributed by atoms with Crippen molar-refractivity contribution < 1.29 is 24.3 Å². The molecule has 0 spiro atoms. The smallest absolute Gasteiger partial charge is 0.337 e. The Morgan fingerprint density at radius 2 is 1.80 bits per heavy atom. The maximum Gasteiger partial charge on any atom is 0.337 e. The topological polar surface area (TPSA) is 114 Å². The molecule has 9 heteroatoms. The van der Waals surface area contributed by atoms with Gasteiger partial charge in [0.05, 0.1) is 36.3 Å². The zero-order valence-electron chi connectivity index (χ0n) is 23.0. The van der Waals surface area contributed by atoms with Crippen LogP contribution in [0.3, 0.4) is 0 Å². The number of nitrogens with zero attached hydrogens (tertiary/aromatic N) is 3. The van der Waals surface area contributed by atoms with Crippen molar-refractivity contribution in [2.75, 3.05) is 13.7 Å². The van der Waals surface area contributed by atoms with Crippen molar-refractivity contribution in [3.05, 3.63) is 100 Å². The molecule has 1 aromatic heterocycles. The van der Waals surface area contributed by atoms with Crippen LogP contribution in [0.2, 0.25) is 0 Å². The maximum atomic E-state index is 13.5. The van der Waals surface area contributed by atoms with E-state index in [1.165, 1.54) is 7.11 Å². The minimum Gasteiger partial charge on any atom is -0.465 e. The highest BCUT2D eigenvalue weighted by Crippen LogP contribution is 2.25. The number of imidazole rings is 1. The molecule has 0 aliphatic rings. The lowest BCUT2D eigenvalue weighted by molar-refractivity contribution is -0.150. The largest absolute Gasteiger partial charge is 0.465 e. The number of hydroxylamine groups is 2. The molecule has 1 heterocycles. The number of aryl methyl sites for hydroxylation is 2. The van der Waals surface area contributed by atoms with Gasteiger partial charge in [0.2, 0.25) is 6.41 Å². The van der Waals surface area contributed by atoms with Gasteiger partial charge in [-0.25, -0.2) is 14.8 Å². The van der Waals surface area contributed by atoms with Crippen molar-refractivity contribution in [3.63, 3.8) is 0 Å². The normalized spacial score (nSPS) is 11.7. The van der Waals surface area contributed by atoms with E-state index in [0.717, 1.165) is 46.4 Å². The van der Waals surface area contributed by atoms with E-state index in [9.17, 15) is 19.6 Å². The first-order valence-corrected chi connectivity index (χ1v) is 13.3. The molecule has 0 saturated heterocycles. The summed E-state index contributed by atoms with van der Waals surface area (Å²) in [4.78, 5) is 41.3. The highest BCUT2D eigenvalue weighted by molar-refractivity contribution is 5.98. The minimum absolute atomic E-state index is 0.0501. The molecular formula is C31H34N4O5. The van der Waals surface area contributed by atoms with Gasteiger partial charge in [-0.1, -0.05) is 49.4 Å². The Morgan fingerprint density at radius 3 is 2.45 bits per heavy atom. The molecule has 4 aromatic rings. The van der Waals surface area contributed by atoms with Gasteiger partial charge in [-0.05, 0) is 60.7 Å². The monoisotopic (exact) mass is 542 g/mol. The average molecular weight is 543 g/mol. The van der Waals surface area contributed by atoms with E-state index in [1.807, 2.05) is 61.5 Å². The van der Waals surface area contributed by atoms with E-state index in [2.05, 4.69) is 16.8 Å². The van der Waals surface area contributed by atoms with E-state index in [-0.39, 0.29) is 18.4 Å². The van der Waals surface area contributed by atoms with Crippen molar-refractivity contribution in [3.8, 4) is 0 Å². The van der Waals surface area contributed by atoms with Gasteiger partial charge >= 0.3 is 5.97 Å². The third-order valence-corrected chi connectivity index (χ3v) is 6.76. The van der Waals surface area contributed by atoms with E-state index < -0.39 is 6.04 Å². The summed E-state index contributed by atoms with van der Waals surface area (Å²) in [6.07, 6.45) is 2.45. The van der Waals surface area contributed by atoms with E-state index in [1.54, 1.807) is 12.1 Å². The number of esters is 1. The number of methoxy groups -OCH3 is 1. The van der Waals surface area contributed by atoms with Crippen molar-refractivity contribution >= 4 is 29.3 Å². The molecular weight excluding hydrogens is 508 g/mol. The fourth-order valence-corrected chi connectivity index (χ4v) is 4.81. The van der Waals surface area contributed by atoms with Crippen LogP contribution in [0.1, 0.15) is 56.6 Å². The molecule has 40 heavy (non-hydrogen) atoms. The summed E-state index contributed by atoms with van der Waals surface area (Å²) >= 11 is 0. The second kappa shape index (κ2) is 13.0. The lowest BCUT2D eigenvalue weighted by Crippen LogP contribution is -2.44. The summed E-state index contributed by atoms with van der Waals surface area (Å²) in [5, 5.41) is 13.4. The zero-order valence-corrected chi connectivity index (χ0v) is 23.0. The highest BCUT2D eigenvalue weighted by Gasteiger charge is 2.20. The summed E-state index contributed by atoms with van der Waals surface area (Å²) in [7, 11) is 1.35. The number of benzene rings is 3. The number of carbonyl (C=O) groups is 3. The summed E-state index contributed by atoms with van der Waals surface area (Å²) in [5.41, 5.74) is 5.43. The summed E-state index contributed by atoms with van der Waals surface area (Å²) < 4.78 is 6.91. The van der Waals surface area contributed by atoms with Crippen molar-refractivity contribution in [2.45, 2.75) is 45.7 Å². The molecule has 0 aliphatic carbocycles. The first-order valence-electron chi connectivity index (χ1n) is 13.3. The number of rotatable bonds is 12. The standard InChI is InChI=1S/C31H34N4O5/c1-4-8-28-33-29-21(2)15-25(17-27(29)35(28)18-23-11-13-24(14-12-23)31(38)40-3)30(37)32-26(19-34(39)20-36)16-22-9-6-5-7-10-22/h5-7,9-15,17,20,26,39H,4,8,16,18-19H2,1-3H3,(H,32,37)/t26-/m1/s1. The highest BCUT2D eigenvalue weighted by atomic mass is 16.5. The molecule has 0 saturated carbocycles. The van der Waals surface area contributed by atoms with Crippen molar-refractivity contribution in [1.82, 2.24) is 19.9 Å². The molecule has 0 fully saturated rings. The van der Waals surface area contributed by atoms with Gasteiger partial charge in [-0.2, -0.15) is 0 Å². The molecule has 0 radical (unpaired) electrons. The van der Waals surface area contributed by atoms with Gasteiger partial charge < -0.3 is 14.6 Å². The quantitative estimate of drug-likeness (QED) is 0.119. The first-order chi connectivity index (χ1) is 19.3. The summed E-state index contributed by atoms with van der Waals surface area (Å²) in [5.74, 6) is 0.220. The molecule has 0 unspecified atom stereocenters. The fourth-order valence-electron chi connectivity index (χ4n) is 4.81. The molecule has 3 aromatic carbocycles. The molecule has 2 N–H and O–H groups in total. The third-order valence-electron chi connectivity index (χ3n) is 6.76. The SMILES string of the molecule is CCCc1nc2c(C)cc(C(=O)N[C@H](Cc3ccccc3)CN(O)C=O)cc2n1Cc1ccc(C(=O)OC)cc1. The zero-order chi connectivity index (χ0) is 28.6. The predicted octanol–water partition coefficient (Wildman–Crippen LogP) is 4.32. The number of amides is 2. The first kappa shape index (κ1) is 28.5. The number of aromatic nitrogens is 2. The maximum absolute atomic E-state index is 13.5. The second-order valence-corrected chi connectivity index (χ2v) is 9.80. The predicted molar refractivity (Wildman–Crippen MR) is 151 cm³/mol. The Balaban J connectivity index is 1.65. The fraction of sp³-hybridized carbons (Fsp3) is 0.290. The summed E-state index contributed by atoms with van der Waals surface area (Å²) in [6, 6.07) is 20.0. The van der Waals surface area contributed by atoms with Crippen LogP contribution < -0.4 is 5.32 Å². The van der Waals surface area contributed by atoms with Crippen LogP contribution in [0.15, 0.2) is 66.7 Å².